The Balaban J connectivity index is 1.89. The third kappa shape index (κ3) is 7.51. The van der Waals surface area contributed by atoms with E-state index in [2.05, 4.69) is 5.32 Å². The number of amides is 2. The van der Waals surface area contributed by atoms with Gasteiger partial charge in [0.25, 0.3) is 0 Å². The van der Waals surface area contributed by atoms with Crippen LogP contribution in [0.1, 0.15) is 44.6 Å². The standard InChI is InChI=1S/C25H30Cl3N3O4S/c1-17(25(33)29-20-7-4-3-5-8-20)30(15-18-11-13-19(26)14-12-18)23(32)16-31(36(2,34)35)22-10-6-9-21(27)24(22)28/h6,9-14,17,20H,3-5,7-8,15-16H2,1-2H3,(H,29,33)/t17-/m0/s1. The highest BCUT2D eigenvalue weighted by atomic mass is 35.5. The molecule has 1 aliphatic rings. The fourth-order valence-corrected chi connectivity index (χ4v) is 5.65. The summed E-state index contributed by atoms with van der Waals surface area (Å²) in [6, 6.07) is 10.7. The second-order valence-corrected chi connectivity index (χ2v) is 12.1. The molecule has 0 radical (unpaired) electrons. The molecule has 1 saturated carbocycles. The van der Waals surface area contributed by atoms with Gasteiger partial charge in [-0.15, -0.1) is 0 Å². The second kappa shape index (κ2) is 12.5. The van der Waals surface area contributed by atoms with Gasteiger partial charge in [0.1, 0.15) is 12.6 Å². The zero-order chi connectivity index (χ0) is 26.5. The molecule has 36 heavy (non-hydrogen) atoms. The predicted octanol–water partition coefficient (Wildman–Crippen LogP) is 5.28. The molecular weight excluding hydrogens is 545 g/mol. The van der Waals surface area contributed by atoms with E-state index in [1.54, 1.807) is 37.3 Å². The Morgan fingerprint density at radius 1 is 1.03 bits per heavy atom. The number of hydrogen-bond donors (Lipinski definition) is 1. The largest absolute Gasteiger partial charge is 0.352 e. The second-order valence-electron chi connectivity index (χ2n) is 9.01. The molecule has 196 valence electrons. The van der Waals surface area contributed by atoms with Gasteiger partial charge in [-0.3, -0.25) is 13.9 Å². The van der Waals surface area contributed by atoms with E-state index < -0.39 is 28.5 Å². The van der Waals surface area contributed by atoms with Crippen molar-refractivity contribution in [3.8, 4) is 0 Å². The molecule has 11 heteroatoms. The monoisotopic (exact) mass is 573 g/mol. The van der Waals surface area contributed by atoms with Crippen molar-refractivity contribution in [2.45, 2.75) is 57.7 Å². The molecule has 0 unspecified atom stereocenters. The zero-order valence-electron chi connectivity index (χ0n) is 20.2. The highest BCUT2D eigenvalue weighted by Gasteiger charge is 2.32. The maximum Gasteiger partial charge on any atom is 0.244 e. The van der Waals surface area contributed by atoms with Gasteiger partial charge in [0.2, 0.25) is 21.8 Å². The normalized spacial score (nSPS) is 15.2. The number of nitrogens with zero attached hydrogens (tertiary/aromatic N) is 2. The molecule has 2 aromatic carbocycles. The first-order valence-corrected chi connectivity index (χ1v) is 14.7. The topological polar surface area (TPSA) is 86.8 Å². The average molecular weight is 575 g/mol. The Morgan fingerprint density at radius 3 is 2.28 bits per heavy atom. The third-order valence-electron chi connectivity index (χ3n) is 6.26. The van der Waals surface area contributed by atoms with Crippen LogP contribution in [0.15, 0.2) is 42.5 Å². The van der Waals surface area contributed by atoms with Crippen molar-refractivity contribution in [3.05, 3.63) is 63.1 Å². The predicted molar refractivity (Wildman–Crippen MR) is 145 cm³/mol. The molecule has 2 aromatic rings. The van der Waals surface area contributed by atoms with Gasteiger partial charge >= 0.3 is 0 Å². The molecule has 3 rings (SSSR count). The number of benzene rings is 2. The minimum atomic E-state index is -3.91. The SMILES string of the molecule is C[C@@H](C(=O)NC1CCCCC1)N(Cc1ccc(Cl)cc1)C(=O)CN(c1cccc(Cl)c1Cl)S(C)(=O)=O. The Labute approximate surface area is 227 Å². The molecule has 1 fully saturated rings. The van der Waals surface area contributed by atoms with Gasteiger partial charge in [0, 0.05) is 17.6 Å². The molecule has 7 nitrogen and oxygen atoms in total. The highest BCUT2D eigenvalue weighted by Crippen LogP contribution is 2.33. The van der Waals surface area contributed by atoms with Crippen LogP contribution in [0.3, 0.4) is 0 Å². The molecule has 0 aliphatic heterocycles. The lowest BCUT2D eigenvalue weighted by atomic mass is 9.95. The summed E-state index contributed by atoms with van der Waals surface area (Å²) in [4.78, 5) is 28.1. The molecule has 1 atom stereocenters. The quantitative estimate of drug-likeness (QED) is 0.442. The van der Waals surface area contributed by atoms with Crippen LogP contribution in [0, 0.1) is 0 Å². The summed E-state index contributed by atoms with van der Waals surface area (Å²) in [5.74, 6) is -0.839. The van der Waals surface area contributed by atoms with Crippen molar-refractivity contribution < 1.29 is 18.0 Å². The Morgan fingerprint density at radius 2 is 1.67 bits per heavy atom. The van der Waals surface area contributed by atoms with Crippen LogP contribution in [0.5, 0.6) is 0 Å². The van der Waals surface area contributed by atoms with E-state index in [1.165, 1.54) is 17.0 Å². The molecule has 1 aliphatic carbocycles. The molecule has 1 N–H and O–H groups in total. The zero-order valence-corrected chi connectivity index (χ0v) is 23.3. The lowest BCUT2D eigenvalue weighted by Crippen LogP contribution is -2.53. The summed E-state index contributed by atoms with van der Waals surface area (Å²) in [6.45, 7) is 1.19. The lowest BCUT2D eigenvalue weighted by Gasteiger charge is -2.33. The van der Waals surface area contributed by atoms with Crippen molar-refractivity contribution in [1.82, 2.24) is 10.2 Å². The number of anilines is 1. The first-order chi connectivity index (χ1) is 17.0. The maximum absolute atomic E-state index is 13.6. The fraction of sp³-hybridized carbons (Fsp3) is 0.440. The molecular formula is C25H30Cl3N3O4S. The Hall–Kier alpha value is -2.00. The van der Waals surface area contributed by atoms with Gasteiger partial charge in [0.05, 0.1) is 22.0 Å². The van der Waals surface area contributed by atoms with E-state index in [9.17, 15) is 18.0 Å². The summed E-state index contributed by atoms with van der Waals surface area (Å²) in [7, 11) is -3.91. The summed E-state index contributed by atoms with van der Waals surface area (Å²) >= 11 is 18.4. The summed E-state index contributed by atoms with van der Waals surface area (Å²) in [5.41, 5.74) is 0.836. The average Bonchev–Trinajstić information content (AvgIpc) is 2.83. The van der Waals surface area contributed by atoms with Gasteiger partial charge in [-0.2, -0.15) is 0 Å². The summed E-state index contributed by atoms with van der Waals surface area (Å²) in [6.07, 6.45) is 6.04. The molecule has 0 saturated heterocycles. The van der Waals surface area contributed by atoms with E-state index in [0.29, 0.717) is 5.02 Å². The number of carbonyl (C=O) groups excluding carboxylic acids is 2. The minimum absolute atomic E-state index is 0.0183. The number of rotatable bonds is 9. The van der Waals surface area contributed by atoms with Crippen molar-refractivity contribution >= 4 is 62.3 Å². The van der Waals surface area contributed by atoms with Crippen LogP contribution in [0.25, 0.3) is 0 Å². The van der Waals surface area contributed by atoms with E-state index in [4.69, 9.17) is 34.8 Å². The fourth-order valence-electron chi connectivity index (χ4n) is 4.22. The van der Waals surface area contributed by atoms with Gasteiger partial charge in [-0.25, -0.2) is 8.42 Å². The summed E-state index contributed by atoms with van der Waals surface area (Å²) < 4.78 is 26.3. The van der Waals surface area contributed by atoms with Crippen LogP contribution < -0.4 is 9.62 Å². The van der Waals surface area contributed by atoms with Crippen LogP contribution >= 0.6 is 34.8 Å². The maximum atomic E-state index is 13.6. The number of carbonyl (C=O) groups is 2. The minimum Gasteiger partial charge on any atom is -0.352 e. The van der Waals surface area contributed by atoms with Crippen LogP contribution in [0.4, 0.5) is 5.69 Å². The number of halogens is 3. The van der Waals surface area contributed by atoms with Crippen molar-refractivity contribution in [1.29, 1.82) is 0 Å². The first-order valence-electron chi connectivity index (χ1n) is 11.7. The Bertz CT molecular complexity index is 1190. The number of hydrogen-bond acceptors (Lipinski definition) is 4. The molecule has 0 spiro atoms. The van der Waals surface area contributed by atoms with E-state index in [-0.39, 0.29) is 34.2 Å². The summed E-state index contributed by atoms with van der Waals surface area (Å²) in [5, 5.41) is 3.78. The van der Waals surface area contributed by atoms with Gasteiger partial charge in [-0.1, -0.05) is 72.3 Å². The molecule has 0 aromatic heterocycles. The van der Waals surface area contributed by atoms with Crippen molar-refractivity contribution in [2.24, 2.45) is 0 Å². The van der Waals surface area contributed by atoms with Crippen molar-refractivity contribution in [3.63, 3.8) is 0 Å². The van der Waals surface area contributed by atoms with Crippen molar-refractivity contribution in [2.75, 3.05) is 17.1 Å². The lowest BCUT2D eigenvalue weighted by molar-refractivity contribution is -0.139. The van der Waals surface area contributed by atoms with E-state index in [1.807, 2.05) is 0 Å². The highest BCUT2D eigenvalue weighted by molar-refractivity contribution is 7.92. The first kappa shape index (κ1) is 28.6. The van der Waals surface area contributed by atoms with Gasteiger partial charge < -0.3 is 10.2 Å². The van der Waals surface area contributed by atoms with Crippen LogP contribution in [-0.2, 0) is 26.2 Å². The Kier molecular flexibility index (Phi) is 9.92. The van der Waals surface area contributed by atoms with Crippen LogP contribution in [-0.4, -0.2) is 50.0 Å². The molecule has 0 heterocycles. The third-order valence-corrected chi connectivity index (χ3v) is 8.45. The van der Waals surface area contributed by atoms with Crippen LogP contribution in [0.2, 0.25) is 15.1 Å². The van der Waals surface area contributed by atoms with E-state index >= 15 is 0 Å². The van der Waals surface area contributed by atoms with E-state index in [0.717, 1.165) is 48.2 Å². The smallest absolute Gasteiger partial charge is 0.244 e. The van der Waals surface area contributed by atoms with Gasteiger partial charge in [-0.05, 0) is 49.6 Å². The van der Waals surface area contributed by atoms with Gasteiger partial charge in [0.15, 0.2) is 0 Å². The number of nitrogens with one attached hydrogen (secondary N) is 1. The molecule has 2 amide bonds. The molecule has 0 bridgehead atoms. The number of sulfonamides is 1.